The Morgan fingerprint density at radius 3 is 2.65 bits per heavy atom. The molecule has 126 valence electrons. The number of carbonyl (C=O) groups excluding carboxylic acids is 1. The van der Waals surface area contributed by atoms with Crippen LogP contribution in [0.3, 0.4) is 0 Å². The number of allylic oxidation sites excluding steroid dienone is 1. The molecular weight excluding hydrogens is 312 g/mol. The molecule has 0 aliphatic heterocycles. The number of hydrogen-bond donors (Lipinski definition) is 2. The molecule has 0 spiro atoms. The summed E-state index contributed by atoms with van der Waals surface area (Å²) in [7, 11) is -3.36. The zero-order valence-electron chi connectivity index (χ0n) is 13.6. The third kappa shape index (κ3) is 5.39. The molecule has 2 rings (SSSR count). The van der Waals surface area contributed by atoms with Gasteiger partial charge < -0.3 is 5.32 Å². The second kappa shape index (κ2) is 7.64. The monoisotopic (exact) mass is 336 g/mol. The highest BCUT2D eigenvalue weighted by atomic mass is 32.2. The summed E-state index contributed by atoms with van der Waals surface area (Å²) in [4.78, 5) is 12.4. The van der Waals surface area contributed by atoms with Gasteiger partial charge in [0.2, 0.25) is 15.9 Å². The lowest BCUT2D eigenvalue weighted by Gasteiger charge is -2.19. The number of anilines is 1. The van der Waals surface area contributed by atoms with Gasteiger partial charge in [0.1, 0.15) is 0 Å². The second-order valence-electron chi connectivity index (χ2n) is 5.99. The molecule has 6 heteroatoms. The Kier molecular flexibility index (Phi) is 5.82. The van der Waals surface area contributed by atoms with Crippen LogP contribution < -0.4 is 10.0 Å². The van der Waals surface area contributed by atoms with Crippen molar-refractivity contribution < 1.29 is 13.2 Å². The first kappa shape index (κ1) is 17.5. The number of carbonyl (C=O) groups is 1. The number of benzene rings is 1. The van der Waals surface area contributed by atoms with Crippen LogP contribution in [0.2, 0.25) is 0 Å². The average molecular weight is 336 g/mol. The Bertz CT molecular complexity index is 696. The van der Waals surface area contributed by atoms with Gasteiger partial charge in [-0.25, -0.2) is 8.42 Å². The lowest BCUT2D eigenvalue weighted by Crippen LogP contribution is -2.28. The molecule has 1 aromatic rings. The summed E-state index contributed by atoms with van der Waals surface area (Å²) in [5, 5.41) is 2.98. The largest absolute Gasteiger partial charge is 0.346 e. The van der Waals surface area contributed by atoms with Crippen LogP contribution in [0.4, 0.5) is 5.69 Å². The van der Waals surface area contributed by atoms with Crippen molar-refractivity contribution in [2.75, 3.05) is 11.0 Å². The van der Waals surface area contributed by atoms with Gasteiger partial charge in [0.25, 0.3) is 0 Å². The molecule has 0 bridgehead atoms. The van der Waals surface area contributed by atoms with Gasteiger partial charge in [0.15, 0.2) is 0 Å². The highest BCUT2D eigenvalue weighted by molar-refractivity contribution is 7.92. The lowest BCUT2D eigenvalue weighted by molar-refractivity contribution is -0.118. The van der Waals surface area contributed by atoms with E-state index in [1.54, 1.807) is 12.1 Å². The molecule has 1 aliphatic carbocycles. The third-order valence-electron chi connectivity index (χ3n) is 3.90. The summed E-state index contributed by atoms with van der Waals surface area (Å²) in [6.45, 7) is 1.86. The number of amides is 1. The number of hydrogen-bond acceptors (Lipinski definition) is 3. The highest BCUT2D eigenvalue weighted by Crippen LogP contribution is 2.24. The van der Waals surface area contributed by atoms with E-state index < -0.39 is 10.0 Å². The topological polar surface area (TPSA) is 75.3 Å². The highest BCUT2D eigenvalue weighted by Gasteiger charge is 2.17. The van der Waals surface area contributed by atoms with Crippen LogP contribution in [0.15, 0.2) is 35.9 Å². The molecule has 0 saturated heterocycles. The zero-order valence-corrected chi connectivity index (χ0v) is 14.4. The normalized spacial score (nSPS) is 16.9. The molecule has 5 nitrogen and oxygen atoms in total. The van der Waals surface area contributed by atoms with Crippen LogP contribution in [0.1, 0.15) is 50.6 Å². The van der Waals surface area contributed by atoms with Gasteiger partial charge in [-0.15, -0.1) is 0 Å². The first-order valence-electron chi connectivity index (χ1n) is 7.93. The molecular formula is C17H24N2O3S. The predicted molar refractivity (Wildman–Crippen MR) is 92.6 cm³/mol. The van der Waals surface area contributed by atoms with Gasteiger partial charge >= 0.3 is 0 Å². The third-order valence-corrected chi connectivity index (χ3v) is 4.49. The predicted octanol–water partition coefficient (Wildman–Crippen LogP) is 3.13. The Morgan fingerprint density at radius 2 is 1.91 bits per heavy atom. The summed E-state index contributed by atoms with van der Waals surface area (Å²) < 4.78 is 25.5. The van der Waals surface area contributed by atoms with E-state index in [1.807, 2.05) is 25.1 Å². The number of sulfonamides is 1. The molecule has 1 atom stereocenters. The molecule has 0 radical (unpaired) electrons. The minimum Gasteiger partial charge on any atom is -0.346 e. The average Bonchev–Trinajstić information content (AvgIpc) is 2.75. The molecule has 2 N–H and O–H groups in total. The van der Waals surface area contributed by atoms with Crippen molar-refractivity contribution in [2.24, 2.45) is 0 Å². The standard InChI is InChI=1S/C17H24N2O3S/c1-13(18-17(20)14-9-5-3-4-6-10-14)15-11-7-8-12-16(15)19-23(2,21)22/h7-9,11-13,19H,3-6,10H2,1-2H3,(H,18,20)/t13-/m1/s1. The van der Waals surface area contributed by atoms with E-state index >= 15 is 0 Å². The Morgan fingerprint density at radius 1 is 1.17 bits per heavy atom. The van der Waals surface area contributed by atoms with Crippen molar-refractivity contribution in [3.05, 3.63) is 41.5 Å². The molecule has 0 heterocycles. The van der Waals surface area contributed by atoms with Crippen molar-refractivity contribution in [3.8, 4) is 0 Å². The molecule has 1 amide bonds. The molecule has 1 aliphatic rings. The fourth-order valence-corrected chi connectivity index (χ4v) is 3.34. The van der Waals surface area contributed by atoms with E-state index in [-0.39, 0.29) is 11.9 Å². The molecule has 0 fully saturated rings. The van der Waals surface area contributed by atoms with Gasteiger partial charge in [0, 0.05) is 5.57 Å². The van der Waals surface area contributed by atoms with E-state index in [0.717, 1.165) is 49.5 Å². The van der Waals surface area contributed by atoms with Crippen LogP contribution in [0.5, 0.6) is 0 Å². The Labute approximate surface area is 138 Å². The first-order chi connectivity index (χ1) is 10.9. The minimum absolute atomic E-state index is 0.0615. The molecule has 0 saturated carbocycles. The van der Waals surface area contributed by atoms with Gasteiger partial charge in [-0.1, -0.05) is 30.7 Å². The van der Waals surface area contributed by atoms with Crippen LogP contribution in [-0.4, -0.2) is 20.6 Å². The molecule has 0 unspecified atom stereocenters. The minimum atomic E-state index is -3.36. The molecule has 0 aromatic heterocycles. The van der Waals surface area contributed by atoms with Gasteiger partial charge in [0.05, 0.1) is 18.0 Å². The van der Waals surface area contributed by atoms with Crippen LogP contribution in [0.25, 0.3) is 0 Å². The van der Waals surface area contributed by atoms with Crippen LogP contribution >= 0.6 is 0 Å². The van der Waals surface area contributed by atoms with E-state index in [4.69, 9.17) is 0 Å². The van der Waals surface area contributed by atoms with E-state index in [1.165, 1.54) is 0 Å². The van der Waals surface area contributed by atoms with Crippen molar-refractivity contribution >= 4 is 21.6 Å². The van der Waals surface area contributed by atoms with E-state index in [9.17, 15) is 13.2 Å². The smallest absolute Gasteiger partial charge is 0.247 e. The maximum Gasteiger partial charge on any atom is 0.247 e. The maximum absolute atomic E-state index is 12.4. The van der Waals surface area contributed by atoms with Crippen LogP contribution in [0, 0.1) is 0 Å². The zero-order chi connectivity index (χ0) is 16.9. The fourth-order valence-electron chi connectivity index (χ4n) is 2.76. The van der Waals surface area contributed by atoms with Crippen molar-refractivity contribution in [3.63, 3.8) is 0 Å². The summed E-state index contributed by atoms with van der Waals surface area (Å²) in [6, 6.07) is 6.83. The fraction of sp³-hybridized carbons (Fsp3) is 0.471. The lowest BCUT2D eigenvalue weighted by atomic mass is 10.0. The van der Waals surface area contributed by atoms with Crippen LogP contribution in [-0.2, 0) is 14.8 Å². The quantitative estimate of drug-likeness (QED) is 0.867. The van der Waals surface area contributed by atoms with E-state index in [2.05, 4.69) is 10.0 Å². The van der Waals surface area contributed by atoms with Gasteiger partial charge in [-0.05, 0) is 44.2 Å². The SMILES string of the molecule is C[C@@H](NC(=O)C1=CCCCCC1)c1ccccc1NS(C)(=O)=O. The molecule has 23 heavy (non-hydrogen) atoms. The van der Waals surface area contributed by atoms with Crippen molar-refractivity contribution in [1.29, 1.82) is 0 Å². The number of para-hydroxylation sites is 1. The number of nitrogens with one attached hydrogen (secondary N) is 2. The van der Waals surface area contributed by atoms with Crippen molar-refractivity contribution in [1.82, 2.24) is 5.32 Å². The van der Waals surface area contributed by atoms with E-state index in [0.29, 0.717) is 5.69 Å². The summed E-state index contributed by atoms with van der Waals surface area (Å²) in [5.41, 5.74) is 2.08. The van der Waals surface area contributed by atoms with Crippen molar-refractivity contribution in [2.45, 2.75) is 45.1 Å². The Hall–Kier alpha value is -1.82. The summed E-state index contributed by atoms with van der Waals surface area (Å²) in [5.74, 6) is -0.0615. The summed E-state index contributed by atoms with van der Waals surface area (Å²) in [6.07, 6.45) is 8.22. The van der Waals surface area contributed by atoms with Gasteiger partial charge in [-0.2, -0.15) is 0 Å². The maximum atomic E-state index is 12.4. The summed E-state index contributed by atoms with van der Waals surface area (Å²) >= 11 is 0. The van der Waals surface area contributed by atoms with Gasteiger partial charge in [-0.3, -0.25) is 9.52 Å². The number of rotatable bonds is 5. The Balaban J connectivity index is 2.12. The molecule has 1 aromatic carbocycles. The second-order valence-corrected chi connectivity index (χ2v) is 7.73. The first-order valence-corrected chi connectivity index (χ1v) is 9.82.